The van der Waals surface area contributed by atoms with Gasteiger partial charge in [-0.15, -0.1) is 0 Å². The summed E-state index contributed by atoms with van der Waals surface area (Å²) in [4.78, 5) is 11.8. The maximum atomic E-state index is 11.8. The highest BCUT2D eigenvalue weighted by molar-refractivity contribution is 5.97. The molecule has 0 amide bonds. The molecule has 0 N–H and O–H groups in total. The molecule has 0 aromatic heterocycles. The van der Waals surface area contributed by atoms with Crippen LogP contribution < -0.4 is 0 Å². The maximum Gasteiger partial charge on any atom is 0.159 e. The van der Waals surface area contributed by atoms with E-state index in [0.717, 1.165) is 18.4 Å². The van der Waals surface area contributed by atoms with E-state index in [1.54, 1.807) is 0 Å². The minimum atomic E-state index is 0.399. The van der Waals surface area contributed by atoms with Crippen molar-refractivity contribution in [2.24, 2.45) is 11.8 Å². The zero-order valence-electron chi connectivity index (χ0n) is 8.91. The molecule has 1 nitrogen and oxygen atoms in total. The first kappa shape index (κ1) is 9.14. The van der Waals surface area contributed by atoms with Crippen LogP contribution >= 0.6 is 0 Å². The highest BCUT2D eigenvalue weighted by Crippen LogP contribution is 2.43. The molecule has 15 heavy (non-hydrogen) atoms. The van der Waals surface area contributed by atoms with Gasteiger partial charge in [-0.3, -0.25) is 4.79 Å². The third-order valence-electron chi connectivity index (χ3n) is 3.96. The number of rotatable bonds is 0. The van der Waals surface area contributed by atoms with Gasteiger partial charge in [0.25, 0.3) is 0 Å². The van der Waals surface area contributed by atoms with Crippen molar-refractivity contribution in [1.82, 2.24) is 0 Å². The van der Waals surface area contributed by atoms with E-state index in [0.29, 0.717) is 17.6 Å². The number of allylic oxidation sites excluding steroid dienone is 6. The fourth-order valence-corrected chi connectivity index (χ4v) is 3.21. The monoisotopic (exact) mass is 200 g/mol. The van der Waals surface area contributed by atoms with Crippen molar-refractivity contribution in [3.8, 4) is 0 Å². The van der Waals surface area contributed by atoms with Crippen molar-refractivity contribution < 1.29 is 4.79 Å². The van der Waals surface area contributed by atoms with Crippen LogP contribution in [0.3, 0.4) is 0 Å². The third kappa shape index (κ3) is 1.41. The molecule has 1 fully saturated rings. The molecule has 1 heteroatoms. The lowest BCUT2D eigenvalue weighted by atomic mass is 9.67. The minimum absolute atomic E-state index is 0.399. The summed E-state index contributed by atoms with van der Waals surface area (Å²) in [5.41, 5.74) is 2.56. The number of Topliss-reactive ketones (excluding diaryl/α,β-unsaturated/α-hetero) is 1. The number of hydrogen-bond donors (Lipinski definition) is 0. The zero-order valence-corrected chi connectivity index (χ0v) is 8.91. The molecule has 0 aromatic carbocycles. The third-order valence-corrected chi connectivity index (χ3v) is 3.96. The lowest BCUT2D eigenvalue weighted by molar-refractivity contribution is -0.117. The minimum Gasteiger partial charge on any atom is -0.295 e. The zero-order chi connectivity index (χ0) is 10.3. The lowest BCUT2D eigenvalue weighted by Gasteiger charge is -2.36. The summed E-state index contributed by atoms with van der Waals surface area (Å²) >= 11 is 0. The summed E-state index contributed by atoms with van der Waals surface area (Å²) in [6, 6.07) is 0. The van der Waals surface area contributed by atoms with Crippen LogP contribution in [0.15, 0.2) is 35.5 Å². The van der Waals surface area contributed by atoms with Gasteiger partial charge < -0.3 is 0 Å². The van der Waals surface area contributed by atoms with E-state index in [9.17, 15) is 4.79 Å². The first-order chi connectivity index (χ1) is 7.36. The first-order valence-electron chi connectivity index (χ1n) is 5.98. The second-order valence-corrected chi connectivity index (χ2v) is 4.80. The van der Waals surface area contributed by atoms with E-state index in [-0.39, 0.29) is 0 Å². The Bertz CT molecular complexity index is 384. The number of fused-ring (bicyclic) bond motifs is 3. The number of hydrogen-bond acceptors (Lipinski definition) is 1. The van der Waals surface area contributed by atoms with E-state index in [1.165, 1.54) is 24.8 Å². The van der Waals surface area contributed by atoms with Crippen molar-refractivity contribution in [3.63, 3.8) is 0 Å². The Morgan fingerprint density at radius 1 is 1.13 bits per heavy atom. The van der Waals surface area contributed by atoms with Crippen LogP contribution in [0.2, 0.25) is 0 Å². The average molecular weight is 200 g/mol. The SMILES string of the molecule is O=C1CCCC2C1=CC=C1C=CCCC12. The van der Waals surface area contributed by atoms with Gasteiger partial charge >= 0.3 is 0 Å². The van der Waals surface area contributed by atoms with Crippen LogP contribution in [0.1, 0.15) is 32.1 Å². The number of ketones is 1. The van der Waals surface area contributed by atoms with Gasteiger partial charge in [0.1, 0.15) is 0 Å². The standard InChI is InChI=1S/C14H16O/c15-14-7-3-6-12-11-5-2-1-4-10(11)8-9-13(12)14/h1,4,8-9,11-12H,2-3,5-7H2. The second kappa shape index (κ2) is 3.48. The molecule has 3 rings (SSSR count). The predicted octanol–water partition coefficient (Wildman–Crippen LogP) is 3.19. The van der Waals surface area contributed by atoms with Crippen molar-refractivity contribution in [3.05, 3.63) is 35.5 Å². The van der Waals surface area contributed by atoms with Crippen LogP contribution in [-0.4, -0.2) is 5.78 Å². The fourth-order valence-electron chi connectivity index (χ4n) is 3.21. The molecule has 78 valence electrons. The van der Waals surface area contributed by atoms with Crippen LogP contribution in [0.25, 0.3) is 0 Å². The Morgan fingerprint density at radius 2 is 2.07 bits per heavy atom. The summed E-state index contributed by atoms with van der Waals surface area (Å²) < 4.78 is 0. The average Bonchev–Trinajstić information content (AvgIpc) is 2.29. The van der Waals surface area contributed by atoms with Crippen molar-refractivity contribution >= 4 is 5.78 Å². The fraction of sp³-hybridized carbons (Fsp3) is 0.500. The van der Waals surface area contributed by atoms with Gasteiger partial charge in [0.2, 0.25) is 0 Å². The molecule has 0 spiro atoms. The maximum absolute atomic E-state index is 11.8. The van der Waals surface area contributed by atoms with Gasteiger partial charge in [-0.05, 0) is 48.7 Å². The second-order valence-electron chi connectivity index (χ2n) is 4.80. The molecule has 0 radical (unpaired) electrons. The van der Waals surface area contributed by atoms with E-state index >= 15 is 0 Å². The van der Waals surface area contributed by atoms with Crippen LogP contribution in [0, 0.1) is 11.8 Å². The van der Waals surface area contributed by atoms with Crippen molar-refractivity contribution in [2.75, 3.05) is 0 Å². The molecule has 0 aliphatic heterocycles. The summed E-state index contributed by atoms with van der Waals surface area (Å²) in [6.45, 7) is 0. The topological polar surface area (TPSA) is 17.1 Å². The normalized spacial score (nSPS) is 34.0. The Kier molecular flexibility index (Phi) is 2.12. The molecule has 2 atom stereocenters. The van der Waals surface area contributed by atoms with Crippen LogP contribution in [-0.2, 0) is 4.79 Å². The Morgan fingerprint density at radius 3 is 3.00 bits per heavy atom. The summed E-state index contributed by atoms with van der Waals surface area (Å²) in [7, 11) is 0. The van der Waals surface area contributed by atoms with Crippen LogP contribution in [0.4, 0.5) is 0 Å². The summed E-state index contributed by atoms with van der Waals surface area (Å²) in [5, 5.41) is 0. The number of carbonyl (C=O) groups excluding carboxylic acids is 1. The van der Waals surface area contributed by atoms with Crippen LogP contribution in [0.5, 0.6) is 0 Å². The number of carbonyl (C=O) groups is 1. The van der Waals surface area contributed by atoms with Crippen molar-refractivity contribution in [2.45, 2.75) is 32.1 Å². The largest absolute Gasteiger partial charge is 0.295 e. The molecular weight excluding hydrogens is 184 g/mol. The Hall–Kier alpha value is -1.11. The molecular formula is C14H16O. The predicted molar refractivity (Wildman–Crippen MR) is 60.4 cm³/mol. The summed E-state index contributed by atoms with van der Waals surface area (Å²) in [5.74, 6) is 1.58. The molecule has 0 saturated heterocycles. The van der Waals surface area contributed by atoms with Gasteiger partial charge in [0.15, 0.2) is 5.78 Å². The van der Waals surface area contributed by atoms with Gasteiger partial charge in [0.05, 0.1) is 0 Å². The highest BCUT2D eigenvalue weighted by atomic mass is 16.1. The van der Waals surface area contributed by atoms with Gasteiger partial charge in [-0.2, -0.15) is 0 Å². The molecule has 1 saturated carbocycles. The molecule has 2 unspecified atom stereocenters. The molecule has 0 bridgehead atoms. The Balaban J connectivity index is 2.00. The van der Waals surface area contributed by atoms with E-state index in [2.05, 4.69) is 24.3 Å². The van der Waals surface area contributed by atoms with Gasteiger partial charge in [0, 0.05) is 6.42 Å². The molecule has 3 aliphatic carbocycles. The van der Waals surface area contributed by atoms with E-state index in [4.69, 9.17) is 0 Å². The van der Waals surface area contributed by atoms with E-state index < -0.39 is 0 Å². The summed E-state index contributed by atoms with van der Waals surface area (Å²) in [6.07, 6.45) is 14.2. The van der Waals surface area contributed by atoms with Gasteiger partial charge in [-0.25, -0.2) is 0 Å². The van der Waals surface area contributed by atoms with Crippen molar-refractivity contribution in [1.29, 1.82) is 0 Å². The Labute approximate surface area is 90.6 Å². The van der Waals surface area contributed by atoms with E-state index in [1.807, 2.05) is 0 Å². The first-order valence-corrected chi connectivity index (χ1v) is 5.98. The highest BCUT2D eigenvalue weighted by Gasteiger charge is 2.35. The van der Waals surface area contributed by atoms with Gasteiger partial charge in [-0.1, -0.05) is 24.3 Å². The molecule has 0 heterocycles. The molecule has 3 aliphatic rings. The lowest BCUT2D eigenvalue weighted by Crippen LogP contribution is -2.29. The smallest absolute Gasteiger partial charge is 0.159 e. The quantitative estimate of drug-likeness (QED) is 0.587. The molecule has 0 aromatic rings.